The van der Waals surface area contributed by atoms with Crippen LogP contribution < -0.4 is 14.4 Å². The summed E-state index contributed by atoms with van der Waals surface area (Å²) in [7, 11) is -2.29. The molecule has 10 heteroatoms. The summed E-state index contributed by atoms with van der Waals surface area (Å²) in [5, 5.41) is 0. The average molecular weight is 489 g/mol. The van der Waals surface area contributed by atoms with Crippen LogP contribution in [0.25, 0.3) is 0 Å². The summed E-state index contributed by atoms with van der Waals surface area (Å²) in [4.78, 5) is 26.6. The van der Waals surface area contributed by atoms with E-state index in [4.69, 9.17) is 14.2 Å². The molecule has 34 heavy (non-hydrogen) atoms. The fourth-order valence-electron chi connectivity index (χ4n) is 4.09. The minimum atomic E-state index is -3.56. The van der Waals surface area contributed by atoms with Crippen LogP contribution in [0.3, 0.4) is 0 Å². The Morgan fingerprint density at radius 3 is 2.35 bits per heavy atom. The zero-order chi connectivity index (χ0) is 24.1. The second-order valence-electron chi connectivity index (χ2n) is 8.18. The molecule has 2 aliphatic heterocycles. The van der Waals surface area contributed by atoms with E-state index in [2.05, 4.69) is 0 Å². The smallest absolute Gasteiger partial charge is 0.348 e. The maximum absolute atomic E-state index is 12.9. The van der Waals surface area contributed by atoms with Crippen molar-refractivity contribution < 1.29 is 32.2 Å². The summed E-state index contributed by atoms with van der Waals surface area (Å²) < 4.78 is 43.4. The van der Waals surface area contributed by atoms with Crippen LogP contribution in [0.2, 0.25) is 0 Å². The molecule has 1 atom stereocenters. The Morgan fingerprint density at radius 2 is 1.68 bits per heavy atom. The van der Waals surface area contributed by atoms with Gasteiger partial charge in [0.15, 0.2) is 6.61 Å². The van der Waals surface area contributed by atoms with Crippen molar-refractivity contribution in [2.45, 2.75) is 36.7 Å². The summed E-state index contributed by atoms with van der Waals surface area (Å²) in [6, 6.07) is 13.0. The molecule has 9 nitrogen and oxygen atoms in total. The van der Waals surface area contributed by atoms with E-state index in [0.717, 1.165) is 25.7 Å². The number of para-hydroxylation sites is 2. The molecule has 0 radical (unpaired) electrons. The van der Waals surface area contributed by atoms with E-state index in [1.54, 1.807) is 36.4 Å². The van der Waals surface area contributed by atoms with Crippen LogP contribution in [0.1, 0.15) is 25.7 Å². The molecule has 2 aliphatic rings. The summed E-state index contributed by atoms with van der Waals surface area (Å²) in [5.74, 6) is -0.171. The van der Waals surface area contributed by atoms with Gasteiger partial charge in [-0.25, -0.2) is 13.2 Å². The van der Waals surface area contributed by atoms with E-state index in [1.165, 1.54) is 28.4 Å². The largest absolute Gasteiger partial charge is 0.484 e. The van der Waals surface area contributed by atoms with Gasteiger partial charge in [-0.15, -0.1) is 0 Å². The van der Waals surface area contributed by atoms with Crippen molar-refractivity contribution >= 4 is 27.6 Å². The predicted molar refractivity (Wildman–Crippen MR) is 124 cm³/mol. The number of benzene rings is 2. The number of rotatable bonds is 6. The number of carbonyl (C=O) groups is 2. The molecule has 0 unspecified atom stereocenters. The van der Waals surface area contributed by atoms with Crippen LogP contribution in [0.15, 0.2) is 53.4 Å². The van der Waals surface area contributed by atoms with Crippen LogP contribution in [0.5, 0.6) is 11.5 Å². The molecule has 2 aromatic carbocycles. The van der Waals surface area contributed by atoms with Gasteiger partial charge in [-0.3, -0.25) is 4.79 Å². The average Bonchev–Trinajstić information content (AvgIpc) is 3.16. The monoisotopic (exact) mass is 488 g/mol. The van der Waals surface area contributed by atoms with Crippen molar-refractivity contribution in [3.8, 4) is 11.5 Å². The molecule has 2 aromatic rings. The quantitative estimate of drug-likeness (QED) is 0.576. The number of nitrogens with zero attached hydrogens (tertiary/aromatic N) is 2. The van der Waals surface area contributed by atoms with Crippen LogP contribution in [-0.2, 0) is 24.3 Å². The van der Waals surface area contributed by atoms with Gasteiger partial charge in [0.25, 0.3) is 5.91 Å². The minimum absolute atomic E-state index is 0.00110. The Labute approximate surface area is 199 Å². The van der Waals surface area contributed by atoms with Crippen molar-refractivity contribution in [2.24, 2.45) is 0 Å². The second-order valence-corrected chi connectivity index (χ2v) is 10.1. The van der Waals surface area contributed by atoms with E-state index in [0.29, 0.717) is 30.3 Å². The third kappa shape index (κ3) is 5.18. The van der Waals surface area contributed by atoms with Crippen LogP contribution in [0.4, 0.5) is 5.69 Å². The third-order valence-corrected chi connectivity index (χ3v) is 7.84. The lowest BCUT2D eigenvalue weighted by Crippen LogP contribution is -2.48. The number of sulfonamides is 1. The molecule has 182 valence electrons. The van der Waals surface area contributed by atoms with Crippen molar-refractivity contribution in [3.63, 3.8) is 0 Å². The molecule has 1 fully saturated rings. The first-order valence-corrected chi connectivity index (χ1v) is 12.7. The van der Waals surface area contributed by atoms with Crippen molar-refractivity contribution in [3.05, 3.63) is 48.5 Å². The van der Waals surface area contributed by atoms with Gasteiger partial charge in [0.2, 0.25) is 16.1 Å². The summed E-state index contributed by atoms with van der Waals surface area (Å²) in [6.07, 6.45) is 2.88. The molecule has 0 aromatic heterocycles. The minimum Gasteiger partial charge on any atom is -0.484 e. The van der Waals surface area contributed by atoms with Gasteiger partial charge >= 0.3 is 5.97 Å². The van der Waals surface area contributed by atoms with Crippen molar-refractivity contribution in [1.82, 2.24) is 4.31 Å². The zero-order valence-corrected chi connectivity index (χ0v) is 19.8. The van der Waals surface area contributed by atoms with Gasteiger partial charge in [-0.1, -0.05) is 25.0 Å². The Bertz CT molecular complexity index is 1130. The molecule has 1 amide bonds. The molecule has 0 saturated carbocycles. The highest BCUT2D eigenvalue weighted by atomic mass is 32.2. The molecule has 2 heterocycles. The highest BCUT2D eigenvalue weighted by molar-refractivity contribution is 7.89. The van der Waals surface area contributed by atoms with Crippen LogP contribution in [0, 0.1) is 0 Å². The molecule has 0 spiro atoms. The number of hydrogen-bond donors (Lipinski definition) is 0. The topological polar surface area (TPSA) is 102 Å². The first-order valence-electron chi connectivity index (χ1n) is 11.3. The second kappa shape index (κ2) is 10.4. The van der Waals surface area contributed by atoms with Crippen LogP contribution in [-0.4, -0.2) is 64.1 Å². The fraction of sp³-hybridized carbons (Fsp3) is 0.417. The van der Waals surface area contributed by atoms with E-state index in [-0.39, 0.29) is 24.0 Å². The zero-order valence-electron chi connectivity index (χ0n) is 19.0. The van der Waals surface area contributed by atoms with Crippen molar-refractivity contribution in [2.75, 3.05) is 38.3 Å². The maximum atomic E-state index is 12.9. The van der Waals surface area contributed by atoms with Crippen molar-refractivity contribution in [1.29, 1.82) is 0 Å². The van der Waals surface area contributed by atoms with Gasteiger partial charge in [0.05, 0.1) is 24.2 Å². The molecular weight excluding hydrogens is 460 g/mol. The van der Waals surface area contributed by atoms with E-state index in [1.807, 2.05) is 0 Å². The number of fused-ring (bicyclic) bond motifs is 1. The highest BCUT2D eigenvalue weighted by Gasteiger charge is 2.34. The molecule has 4 rings (SSSR count). The van der Waals surface area contributed by atoms with Gasteiger partial charge < -0.3 is 19.1 Å². The van der Waals surface area contributed by atoms with E-state index >= 15 is 0 Å². The Hall–Kier alpha value is -3.11. The lowest BCUT2D eigenvalue weighted by atomic mass is 10.2. The number of methoxy groups -OCH3 is 1. The van der Waals surface area contributed by atoms with Crippen LogP contribution >= 0.6 is 0 Å². The fourth-order valence-corrected chi connectivity index (χ4v) is 5.60. The lowest BCUT2D eigenvalue weighted by molar-refractivity contribution is -0.148. The maximum Gasteiger partial charge on any atom is 0.348 e. The number of anilines is 1. The van der Waals surface area contributed by atoms with E-state index in [9.17, 15) is 18.0 Å². The first-order chi connectivity index (χ1) is 16.4. The highest BCUT2D eigenvalue weighted by Crippen LogP contribution is 2.33. The molecule has 0 bridgehead atoms. The molecular formula is C24H28N2O7S. The summed E-state index contributed by atoms with van der Waals surface area (Å²) >= 11 is 0. The van der Waals surface area contributed by atoms with Gasteiger partial charge in [-0.05, 0) is 49.2 Å². The molecule has 0 N–H and O–H groups in total. The Morgan fingerprint density at radius 1 is 1.00 bits per heavy atom. The normalized spacial score (nSPS) is 18.9. The third-order valence-electron chi connectivity index (χ3n) is 5.93. The van der Waals surface area contributed by atoms with Gasteiger partial charge in [0.1, 0.15) is 11.5 Å². The SMILES string of the molecule is COC(=O)[C@H]1CN(C(=O)COc2ccc(S(=O)(=O)N3CCCCCC3)cc2)c2ccccc2O1. The van der Waals surface area contributed by atoms with E-state index < -0.39 is 22.1 Å². The lowest BCUT2D eigenvalue weighted by Gasteiger charge is -2.33. The number of amides is 1. The molecule has 0 aliphatic carbocycles. The Kier molecular flexibility index (Phi) is 7.38. The van der Waals surface area contributed by atoms with Gasteiger partial charge in [0, 0.05) is 13.1 Å². The first kappa shape index (κ1) is 24.0. The number of esters is 1. The molecule has 1 saturated heterocycles. The summed E-state index contributed by atoms with van der Waals surface area (Å²) in [5.41, 5.74) is 0.537. The van der Waals surface area contributed by atoms with Gasteiger partial charge in [-0.2, -0.15) is 4.31 Å². The standard InChI is InChI=1S/C24H28N2O7S/c1-31-24(28)22-16-26(20-8-4-5-9-21(20)33-22)23(27)17-32-18-10-12-19(13-11-18)34(29,30)25-14-6-2-3-7-15-25/h4-5,8-13,22H,2-3,6-7,14-17H2,1H3/t22-/m1/s1. The summed E-state index contributed by atoms with van der Waals surface area (Å²) in [6.45, 7) is 0.769. The predicted octanol–water partition coefficient (Wildman–Crippen LogP) is 2.60. The number of hydrogen-bond acceptors (Lipinski definition) is 7. The Balaban J connectivity index is 1.42. The number of carbonyl (C=O) groups excluding carboxylic acids is 2. The number of ether oxygens (including phenoxy) is 3.